The maximum atomic E-state index is 12.5. The Balaban J connectivity index is 1.79. The summed E-state index contributed by atoms with van der Waals surface area (Å²) in [4.78, 5) is 14.8. The van der Waals surface area contributed by atoms with Crippen molar-refractivity contribution in [3.8, 4) is 11.5 Å². The molecule has 0 spiro atoms. The first-order chi connectivity index (χ1) is 13.2. The van der Waals surface area contributed by atoms with Crippen LogP contribution in [0, 0.1) is 0 Å². The van der Waals surface area contributed by atoms with Crippen molar-refractivity contribution in [2.45, 2.75) is 6.04 Å². The zero-order chi connectivity index (χ0) is 19.1. The predicted octanol–water partition coefficient (Wildman–Crippen LogP) is 2.51. The van der Waals surface area contributed by atoms with Crippen molar-refractivity contribution in [2.24, 2.45) is 0 Å². The average molecular weight is 370 g/mol. The van der Waals surface area contributed by atoms with Gasteiger partial charge >= 0.3 is 0 Å². The Labute approximate surface area is 160 Å². The Hall–Kier alpha value is -2.57. The molecule has 6 heteroatoms. The van der Waals surface area contributed by atoms with Gasteiger partial charge in [-0.2, -0.15) is 0 Å². The van der Waals surface area contributed by atoms with E-state index < -0.39 is 0 Å². The van der Waals surface area contributed by atoms with Crippen LogP contribution in [0.1, 0.15) is 22.0 Å². The van der Waals surface area contributed by atoms with Crippen LogP contribution in [0.15, 0.2) is 48.5 Å². The summed E-state index contributed by atoms with van der Waals surface area (Å²) in [6, 6.07) is 15.2. The molecule has 1 aliphatic rings. The maximum absolute atomic E-state index is 12.5. The van der Waals surface area contributed by atoms with E-state index in [9.17, 15) is 4.79 Å². The summed E-state index contributed by atoms with van der Waals surface area (Å²) < 4.78 is 16.3. The van der Waals surface area contributed by atoms with Crippen LogP contribution < -0.4 is 14.8 Å². The standard InChI is InChI=1S/C21H26N2O4/c1-25-19-9-8-17(14-20(19)26-2)18(23-10-12-27-13-11-23)15-22-21(24)16-6-4-3-5-7-16/h3-9,14,18H,10-13,15H2,1-2H3,(H,22,24). The molecule has 3 rings (SSSR count). The number of amides is 1. The third-order valence-electron chi connectivity index (χ3n) is 4.77. The molecule has 1 unspecified atom stereocenters. The Morgan fingerprint density at radius 2 is 1.78 bits per heavy atom. The summed E-state index contributed by atoms with van der Waals surface area (Å²) in [7, 11) is 3.25. The average Bonchev–Trinajstić information content (AvgIpc) is 2.75. The highest BCUT2D eigenvalue weighted by Gasteiger charge is 2.24. The van der Waals surface area contributed by atoms with Gasteiger partial charge in [0, 0.05) is 25.2 Å². The molecule has 1 N–H and O–H groups in total. The molecule has 0 bridgehead atoms. The topological polar surface area (TPSA) is 60.0 Å². The Morgan fingerprint density at radius 1 is 1.07 bits per heavy atom. The van der Waals surface area contributed by atoms with E-state index in [0.29, 0.717) is 36.8 Å². The number of nitrogens with zero attached hydrogens (tertiary/aromatic N) is 1. The summed E-state index contributed by atoms with van der Waals surface area (Å²) in [6.07, 6.45) is 0. The number of hydrogen-bond donors (Lipinski definition) is 1. The number of hydrogen-bond acceptors (Lipinski definition) is 5. The van der Waals surface area contributed by atoms with E-state index >= 15 is 0 Å². The molecular weight excluding hydrogens is 344 g/mol. The van der Waals surface area contributed by atoms with Crippen molar-refractivity contribution in [1.29, 1.82) is 0 Å². The molecule has 1 fully saturated rings. The maximum Gasteiger partial charge on any atom is 0.251 e. The molecule has 0 saturated carbocycles. The van der Waals surface area contributed by atoms with Gasteiger partial charge in [0.1, 0.15) is 0 Å². The molecular formula is C21H26N2O4. The molecule has 1 aliphatic heterocycles. The lowest BCUT2D eigenvalue weighted by Gasteiger charge is -2.35. The van der Waals surface area contributed by atoms with Gasteiger partial charge in [-0.1, -0.05) is 24.3 Å². The van der Waals surface area contributed by atoms with E-state index in [1.165, 1.54) is 0 Å². The summed E-state index contributed by atoms with van der Waals surface area (Å²) >= 11 is 0. The highest BCUT2D eigenvalue weighted by Crippen LogP contribution is 2.32. The minimum atomic E-state index is -0.0747. The fourth-order valence-electron chi connectivity index (χ4n) is 3.29. The van der Waals surface area contributed by atoms with Crippen LogP contribution in [0.3, 0.4) is 0 Å². The van der Waals surface area contributed by atoms with Crippen molar-refractivity contribution in [1.82, 2.24) is 10.2 Å². The van der Waals surface area contributed by atoms with Gasteiger partial charge in [-0.25, -0.2) is 0 Å². The molecule has 0 radical (unpaired) electrons. The summed E-state index contributed by atoms with van der Waals surface area (Å²) in [5.74, 6) is 1.30. The molecule has 1 heterocycles. The SMILES string of the molecule is COc1ccc(C(CNC(=O)c2ccccc2)N2CCOCC2)cc1OC. The Morgan fingerprint density at radius 3 is 2.44 bits per heavy atom. The van der Waals surface area contributed by atoms with E-state index in [0.717, 1.165) is 18.7 Å². The first-order valence-corrected chi connectivity index (χ1v) is 9.10. The quantitative estimate of drug-likeness (QED) is 0.812. The Bertz CT molecular complexity index is 745. The van der Waals surface area contributed by atoms with Gasteiger partial charge in [-0.05, 0) is 29.8 Å². The van der Waals surface area contributed by atoms with Gasteiger partial charge in [0.15, 0.2) is 11.5 Å². The van der Waals surface area contributed by atoms with Crippen LogP contribution >= 0.6 is 0 Å². The Kier molecular flexibility index (Phi) is 6.68. The third-order valence-corrected chi connectivity index (χ3v) is 4.77. The van der Waals surface area contributed by atoms with Crippen molar-refractivity contribution in [3.63, 3.8) is 0 Å². The molecule has 1 atom stereocenters. The molecule has 0 aliphatic carbocycles. The fourth-order valence-corrected chi connectivity index (χ4v) is 3.29. The summed E-state index contributed by atoms with van der Waals surface area (Å²) in [6.45, 7) is 3.52. The number of methoxy groups -OCH3 is 2. The van der Waals surface area contributed by atoms with E-state index in [-0.39, 0.29) is 11.9 Å². The van der Waals surface area contributed by atoms with Gasteiger partial charge in [-0.3, -0.25) is 9.69 Å². The second kappa shape index (κ2) is 9.39. The molecule has 6 nitrogen and oxygen atoms in total. The first kappa shape index (κ1) is 19.2. The van der Waals surface area contributed by atoms with E-state index in [1.54, 1.807) is 14.2 Å². The number of carbonyl (C=O) groups is 1. The normalized spacial score (nSPS) is 15.8. The van der Waals surface area contributed by atoms with Crippen molar-refractivity contribution in [2.75, 3.05) is 47.1 Å². The van der Waals surface area contributed by atoms with Gasteiger partial charge in [0.05, 0.1) is 33.5 Å². The highest BCUT2D eigenvalue weighted by atomic mass is 16.5. The van der Waals surface area contributed by atoms with Gasteiger partial charge in [0.2, 0.25) is 0 Å². The van der Waals surface area contributed by atoms with Gasteiger partial charge < -0.3 is 19.5 Å². The molecule has 2 aromatic rings. The lowest BCUT2D eigenvalue weighted by atomic mass is 10.0. The summed E-state index contributed by atoms with van der Waals surface area (Å²) in [5, 5.41) is 3.07. The van der Waals surface area contributed by atoms with Crippen molar-refractivity contribution in [3.05, 3.63) is 59.7 Å². The third kappa shape index (κ3) is 4.78. The minimum absolute atomic E-state index is 0.0290. The van der Waals surface area contributed by atoms with E-state index in [1.807, 2.05) is 48.5 Å². The van der Waals surface area contributed by atoms with Crippen LogP contribution in [0.2, 0.25) is 0 Å². The molecule has 27 heavy (non-hydrogen) atoms. The molecule has 0 aromatic heterocycles. The largest absolute Gasteiger partial charge is 0.493 e. The number of nitrogens with one attached hydrogen (secondary N) is 1. The fraction of sp³-hybridized carbons (Fsp3) is 0.381. The van der Waals surface area contributed by atoms with Crippen molar-refractivity contribution >= 4 is 5.91 Å². The number of morpholine rings is 1. The highest BCUT2D eigenvalue weighted by molar-refractivity contribution is 5.94. The van der Waals surface area contributed by atoms with Crippen LogP contribution in [0.25, 0.3) is 0 Å². The second-order valence-corrected chi connectivity index (χ2v) is 6.35. The molecule has 1 amide bonds. The van der Waals surface area contributed by atoms with Crippen LogP contribution in [-0.4, -0.2) is 57.9 Å². The molecule has 1 saturated heterocycles. The van der Waals surface area contributed by atoms with E-state index in [2.05, 4.69) is 10.2 Å². The predicted molar refractivity (Wildman–Crippen MR) is 103 cm³/mol. The minimum Gasteiger partial charge on any atom is -0.493 e. The number of rotatable bonds is 7. The van der Waals surface area contributed by atoms with Gasteiger partial charge in [-0.15, -0.1) is 0 Å². The monoisotopic (exact) mass is 370 g/mol. The number of benzene rings is 2. The lowest BCUT2D eigenvalue weighted by molar-refractivity contribution is 0.0162. The molecule has 144 valence electrons. The van der Waals surface area contributed by atoms with Crippen molar-refractivity contribution < 1.29 is 19.0 Å². The zero-order valence-electron chi connectivity index (χ0n) is 15.8. The molecule has 2 aromatic carbocycles. The second-order valence-electron chi connectivity index (χ2n) is 6.35. The summed E-state index contributed by atoms with van der Waals surface area (Å²) in [5.41, 5.74) is 1.73. The first-order valence-electron chi connectivity index (χ1n) is 9.10. The smallest absolute Gasteiger partial charge is 0.251 e. The van der Waals surface area contributed by atoms with Crippen LogP contribution in [-0.2, 0) is 4.74 Å². The van der Waals surface area contributed by atoms with Gasteiger partial charge in [0.25, 0.3) is 5.91 Å². The zero-order valence-corrected chi connectivity index (χ0v) is 15.8. The van der Waals surface area contributed by atoms with Crippen LogP contribution in [0.4, 0.5) is 0 Å². The van der Waals surface area contributed by atoms with E-state index in [4.69, 9.17) is 14.2 Å². The lowest BCUT2D eigenvalue weighted by Crippen LogP contribution is -2.43. The van der Waals surface area contributed by atoms with Crippen LogP contribution in [0.5, 0.6) is 11.5 Å². The number of carbonyl (C=O) groups excluding carboxylic acids is 1. The number of ether oxygens (including phenoxy) is 3.